The van der Waals surface area contributed by atoms with Gasteiger partial charge >= 0.3 is 0 Å². The number of nitrogens with zero attached hydrogens (tertiary/aromatic N) is 2. The number of methoxy groups -OCH3 is 1. The molecule has 1 heterocycles. The van der Waals surface area contributed by atoms with Crippen molar-refractivity contribution in [3.8, 4) is 11.5 Å². The summed E-state index contributed by atoms with van der Waals surface area (Å²) >= 11 is 0. The Bertz CT molecular complexity index is 946. The van der Waals surface area contributed by atoms with E-state index in [0.29, 0.717) is 22.6 Å². The largest absolute Gasteiger partial charge is 0.507 e. The van der Waals surface area contributed by atoms with Crippen LogP contribution in [0.2, 0.25) is 0 Å². The molecule has 2 aromatic rings. The molecular formula is C19H15N3O5. The minimum Gasteiger partial charge on any atom is -0.507 e. The highest BCUT2D eigenvalue weighted by molar-refractivity contribution is 6.28. The van der Waals surface area contributed by atoms with Gasteiger partial charge in [0.25, 0.3) is 17.7 Å². The Balaban J connectivity index is 1.65. The molecule has 0 bridgehead atoms. The lowest BCUT2D eigenvalue weighted by molar-refractivity contribution is -0.119. The summed E-state index contributed by atoms with van der Waals surface area (Å²) in [6.45, 7) is 0. The standard InChI is InChI=1S/C19H15N3O5/c1-27-15-7-4-13(16(23)10-15)11-20-21-19(26)12-2-5-14(6-3-12)22-17(24)8-9-18(22)25/h2-11,23H,1H3,(H,21,26)/b20-11+. The van der Waals surface area contributed by atoms with Gasteiger partial charge in [-0.05, 0) is 36.4 Å². The molecule has 0 atom stereocenters. The number of imide groups is 1. The van der Waals surface area contributed by atoms with Gasteiger partial charge in [0, 0.05) is 29.3 Å². The topological polar surface area (TPSA) is 108 Å². The highest BCUT2D eigenvalue weighted by Crippen LogP contribution is 2.22. The van der Waals surface area contributed by atoms with E-state index in [4.69, 9.17) is 4.74 Å². The molecule has 1 aliphatic heterocycles. The summed E-state index contributed by atoms with van der Waals surface area (Å²) in [7, 11) is 1.49. The molecule has 0 radical (unpaired) electrons. The second-order valence-electron chi connectivity index (χ2n) is 5.52. The number of carbonyl (C=O) groups excluding carboxylic acids is 3. The third-order valence-corrected chi connectivity index (χ3v) is 3.80. The first kappa shape index (κ1) is 17.9. The molecule has 0 saturated carbocycles. The van der Waals surface area contributed by atoms with Gasteiger partial charge in [0.05, 0.1) is 19.0 Å². The maximum atomic E-state index is 12.1. The van der Waals surface area contributed by atoms with Crippen molar-refractivity contribution < 1.29 is 24.2 Å². The van der Waals surface area contributed by atoms with Crippen LogP contribution in [0.1, 0.15) is 15.9 Å². The Morgan fingerprint density at radius 3 is 2.37 bits per heavy atom. The quantitative estimate of drug-likeness (QED) is 0.475. The molecule has 27 heavy (non-hydrogen) atoms. The van der Waals surface area contributed by atoms with E-state index in [0.717, 1.165) is 4.90 Å². The summed E-state index contributed by atoms with van der Waals surface area (Å²) < 4.78 is 4.99. The first-order valence-electron chi connectivity index (χ1n) is 7.86. The number of hydrazone groups is 1. The smallest absolute Gasteiger partial charge is 0.271 e. The van der Waals surface area contributed by atoms with Crippen molar-refractivity contribution >= 4 is 29.6 Å². The predicted molar refractivity (Wildman–Crippen MR) is 97.8 cm³/mol. The monoisotopic (exact) mass is 365 g/mol. The zero-order valence-corrected chi connectivity index (χ0v) is 14.2. The van der Waals surface area contributed by atoms with Crippen molar-refractivity contribution in [1.82, 2.24) is 5.43 Å². The van der Waals surface area contributed by atoms with Gasteiger partial charge in [0.1, 0.15) is 11.5 Å². The lowest BCUT2D eigenvalue weighted by Gasteiger charge is -2.13. The van der Waals surface area contributed by atoms with E-state index in [2.05, 4.69) is 10.5 Å². The predicted octanol–water partition coefficient (Wildman–Crippen LogP) is 1.59. The van der Waals surface area contributed by atoms with Gasteiger partial charge < -0.3 is 9.84 Å². The van der Waals surface area contributed by atoms with E-state index in [-0.39, 0.29) is 5.75 Å². The molecule has 1 aliphatic rings. The molecule has 0 unspecified atom stereocenters. The van der Waals surface area contributed by atoms with E-state index >= 15 is 0 Å². The average molecular weight is 365 g/mol. The maximum Gasteiger partial charge on any atom is 0.271 e. The van der Waals surface area contributed by atoms with Crippen molar-refractivity contribution in [2.24, 2.45) is 5.10 Å². The van der Waals surface area contributed by atoms with Gasteiger partial charge in [-0.15, -0.1) is 0 Å². The third kappa shape index (κ3) is 3.84. The van der Waals surface area contributed by atoms with Crippen LogP contribution in [0.15, 0.2) is 59.7 Å². The van der Waals surface area contributed by atoms with Crippen molar-refractivity contribution in [2.45, 2.75) is 0 Å². The van der Waals surface area contributed by atoms with E-state index in [1.807, 2.05) is 0 Å². The van der Waals surface area contributed by atoms with Crippen molar-refractivity contribution in [2.75, 3.05) is 12.0 Å². The highest BCUT2D eigenvalue weighted by Gasteiger charge is 2.25. The van der Waals surface area contributed by atoms with Gasteiger partial charge in [-0.3, -0.25) is 14.4 Å². The normalized spacial score (nSPS) is 13.4. The zero-order chi connectivity index (χ0) is 19.4. The minimum atomic E-state index is -0.483. The van der Waals surface area contributed by atoms with Gasteiger partial charge in [0.2, 0.25) is 0 Å². The number of hydrogen-bond donors (Lipinski definition) is 2. The Labute approximate surface area is 154 Å². The number of hydrogen-bond acceptors (Lipinski definition) is 6. The molecule has 8 heteroatoms. The lowest BCUT2D eigenvalue weighted by atomic mass is 10.2. The Morgan fingerprint density at radius 2 is 1.78 bits per heavy atom. The number of amides is 3. The van der Waals surface area contributed by atoms with Crippen molar-refractivity contribution in [3.05, 3.63) is 65.7 Å². The molecule has 0 aliphatic carbocycles. The fourth-order valence-electron chi connectivity index (χ4n) is 2.40. The van der Waals surface area contributed by atoms with E-state index in [1.54, 1.807) is 12.1 Å². The van der Waals surface area contributed by atoms with Crippen LogP contribution in [0.25, 0.3) is 0 Å². The number of phenols is 1. The Kier molecular flexibility index (Phi) is 4.98. The summed E-state index contributed by atoms with van der Waals surface area (Å²) in [5.74, 6) is -0.880. The molecule has 0 fully saturated rings. The SMILES string of the molecule is COc1ccc(/C=N/NC(=O)c2ccc(N3C(=O)C=CC3=O)cc2)c(O)c1. The fourth-order valence-corrected chi connectivity index (χ4v) is 2.40. The van der Waals surface area contributed by atoms with Gasteiger partial charge in [0.15, 0.2) is 0 Å². The fraction of sp³-hybridized carbons (Fsp3) is 0.0526. The molecule has 8 nitrogen and oxygen atoms in total. The lowest BCUT2D eigenvalue weighted by Crippen LogP contribution is -2.29. The number of phenolic OH excluding ortho intramolecular Hbond substituents is 1. The molecule has 2 aromatic carbocycles. The number of aromatic hydroxyl groups is 1. The average Bonchev–Trinajstić information content (AvgIpc) is 3.01. The zero-order valence-electron chi connectivity index (χ0n) is 14.2. The number of ether oxygens (including phenoxy) is 1. The van der Waals surface area contributed by atoms with Crippen molar-refractivity contribution in [1.29, 1.82) is 0 Å². The van der Waals surface area contributed by atoms with Crippen LogP contribution in [0.4, 0.5) is 5.69 Å². The molecule has 2 N–H and O–H groups in total. The third-order valence-electron chi connectivity index (χ3n) is 3.80. The van der Waals surface area contributed by atoms with E-state index < -0.39 is 17.7 Å². The molecule has 0 saturated heterocycles. The molecule has 136 valence electrons. The Hall–Kier alpha value is -3.94. The van der Waals surface area contributed by atoms with Gasteiger partial charge in [-0.2, -0.15) is 5.10 Å². The minimum absolute atomic E-state index is 0.0368. The summed E-state index contributed by atoms with van der Waals surface area (Å²) in [5, 5.41) is 13.6. The van der Waals surface area contributed by atoms with Crippen LogP contribution in [0.5, 0.6) is 11.5 Å². The Morgan fingerprint density at radius 1 is 1.11 bits per heavy atom. The van der Waals surface area contributed by atoms with Gasteiger partial charge in [-0.1, -0.05) is 0 Å². The summed E-state index contributed by atoms with van der Waals surface area (Å²) in [5.41, 5.74) is 3.41. The van der Waals surface area contributed by atoms with Crippen LogP contribution >= 0.6 is 0 Å². The summed E-state index contributed by atoms with van der Waals surface area (Å²) in [6, 6.07) is 10.6. The van der Waals surface area contributed by atoms with Crippen LogP contribution in [0.3, 0.4) is 0 Å². The van der Waals surface area contributed by atoms with Gasteiger partial charge in [-0.25, -0.2) is 10.3 Å². The van der Waals surface area contributed by atoms with Crippen LogP contribution in [-0.4, -0.2) is 36.2 Å². The summed E-state index contributed by atoms with van der Waals surface area (Å²) in [6.07, 6.45) is 3.67. The number of benzene rings is 2. The second kappa shape index (κ2) is 7.52. The highest BCUT2D eigenvalue weighted by atomic mass is 16.5. The molecule has 0 aromatic heterocycles. The van der Waals surface area contributed by atoms with E-state index in [9.17, 15) is 19.5 Å². The van der Waals surface area contributed by atoms with Crippen LogP contribution in [-0.2, 0) is 9.59 Å². The molecular weight excluding hydrogens is 350 g/mol. The number of anilines is 1. The maximum absolute atomic E-state index is 12.1. The first-order chi connectivity index (χ1) is 13.0. The number of carbonyl (C=O) groups is 3. The summed E-state index contributed by atoms with van der Waals surface area (Å²) in [4.78, 5) is 36.4. The first-order valence-corrected chi connectivity index (χ1v) is 7.86. The number of nitrogens with one attached hydrogen (secondary N) is 1. The van der Waals surface area contributed by atoms with Crippen LogP contribution < -0.4 is 15.1 Å². The van der Waals surface area contributed by atoms with Crippen molar-refractivity contribution in [3.63, 3.8) is 0 Å². The van der Waals surface area contributed by atoms with E-state index in [1.165, 1.54) is 55.8 Å². The van der Waals surface area contributed by atoms with Crippen LogP contribution in [0, 0.1) is 0 Å². The molecule has 0 spiro atoms. The molecule has 3 rings (SSSR count). The number of rotatable bonds is 5. The second-order valence-corrected chi connectivity index (χ2v) is 5.52. The molecule has 3 amide bonds.